The summed E-state index contributed by atoms with van der Waals surface area (Å²) in [5.74, 6) is 1.29. The molecule has 0 unspecified atom stereocenters. The van der Waals surface area contributed by atoms with E-state index >= 15 is 0 Å². The fourth-order valence-corrected chi connectivity index (χ4v) is 2.29. The molecule has 0 aliphatic carbocycles. The molecule has 2 rings (SSSR count). The van der Waals surface area contributed by atoms with Crippen molar-refractivity contribution in [1.29, 1.82) is 0 Å². The van der Waals surface area contributed by atoms with E-state index in [1.807, 2.05) is 12.1 Å². The summed E-state index contributed by atoms with van der Waals surface area (Å²) in [7, 11) is 0. The highest BCUT2D eigenvalue weighted by Gasteiger charge is 2.09. The minimum atomic E-state index is -0.110. The maximum absolute atomic E-state index is 12.1. The van der Waals surface area contributed by atoms with Crippen molar-refractivity contribution in [2.45, 2.75) is 26.8 Å². The number of anilines is 1. The van der Waals surface area contributed by atoms with Crippen LogP contribution >= 0.6 is 15.9 Å². The fourth-order valence-electron chi connectivity index (χ4n) is 1.84. The molecular weight excluding hydrogens is 322 g/mol. The van der Waals surface area contributed by atoms with Crippen molar-refractivity contribution in [3.05, 3.63) is 45.2 Å². The zero-order chi connectivity index (χ0) is 14.5. The third kappa shape index (κ3) is 3.72. The maximum Gasteiger partial charge on any atom is 0.283 e. The Morgan fingerprint density at radius 2 is 2.30 bits per heavy atom. The van der Waals surface area contributed by atoms with Crippen LogP contribution in [0.5, 0.6) is 0 Å². The van der Waals surface area contributed by atoms with Crippen LogP contribution in [-0.4, -0.2) is 16.3 Å². The average Bonchev–Trinajstić information content (AvgIpc) is 2.90. The molecule has 0 saturated carbocycles. The van der Waals surface area contributed by atoms with Crippen LogP contribution in [0.3, 0.4) is 0 Å². The van der Waals surface area contributed by atoms with Gasteiger partial charge in [0.2, 0.25) is 0 Å². The molecule has 0 spiro atoms. The van der Waals surface area contributed by atoms with Crippen molar-refractivity contribution in [3.63, 3.8) is 0 Å². The highest BCUT2D eigenvalue weighted by Crippen LogP contribution is 2.16. The third-order valence-corrected chi connectivity index (χ3v) is 3.56. The number of nitrogens with zero attached hydrogens (tertiary/aromatic N) is 2. The lowest BCUT2D eigenvalue weighted by Crippen LogP contribution is -2.26. The van der Waals surface area contributed by atoms with Gasteiger partial charge in [-0.25, -0.2) is 4.68 Å². The molecule has 0 fully saturated rings. The number of hydrogen-bond donors (Lipinski definition) is 1. The zero-order valence-electron chi connectivity index (χ0n) is 11.6. The van der Waals surface area contributed by atoms with Gasteiger partial charge in [-0.2, -0.15) is 5.10 Å². The normalized spacial score (nSPS) is 11.0. The van der Waals surface area contributed by atoms with Crippen molar-refractivity contribution < 1.29 is 4.42 Å². The molecule has 0 aliphatic heterocycles. The first-order chi connectivity index (χ1) is 9.58. The minimum absolute atomic E-state index is 0.110. The van der Waals surface area contributed by atoms with E-state index in [4.69, 9.17) is 4.42 Å². The van der Waals surface area contributed by atoms with Gasteiger partial charge in [0.25, 0.3) is 5.56 Å². The quantitative estimate of drug-likeness (QED) is 0.878. The molecule has 0 saturated heterocycles. The summed E-state index contributed by atoms with van der Waals surface area (Å²) in [6, 6.07) is 3.79. The van der Waals surface area contributed by atoms with Crippen LogP contribution in [0.25, 0.3) is 0 Å². The monoisotopic (exact) mass is 339 g/mol. The van der Waals surface area contributed by atoms with E-state index in [0.717, 1.165) is 12.2 Å². The zero-order valence-corrected chi connectivity index (χ0v) is 13.2. The molecule has 1 N–H and O–H groups in total. The Morgan fingerprint density at radius 3 is 2.95 bits per heavy atom. The first kappa shape index (κ1) is 14.8. The Morgan fingerprint density at radius 1 is 1.50 bits per heavy atom. The molecule has 2 aromatic heterocycles. The van der Waals surface area contributed by atoms with E-state index in [-0.39, 0.29) is 5.56 Å². The number of furan rings is 1. The molecule has 0 atom stereocenters. The molecule has 5 nitrogen and oxygen atoms in total. The van der Waals surface area contributed by atoms with Gasteiger partial charge in [0.1, 0.15) is 10.2 Å². The van der Waals surface area contributed by atoms with Crippen molar-refractivity contribution in [2.24, 2.45) is 5.92 Å². The van der Waals surface area contributed by atoms with Crippen molar-refractivity contribution >= 4 is 21.6 Å². The second-order valence-electron chi connectivity index (χ2n) is 5.01. The fraction of sp³-hybridized carbons (Fsp3) is 0.429. The van der Waals surface area contributed by atoms with Gasteiger partial charge in [0.15, 0.2) is 0 Å². The van der Waals surface area contributed by atoms with Gasteiger partial charge in [-0.1, -0.05) is 13.8 Å². The number of aromatic nitrogens is 2. The molecule has 20 heavy (non-hydrogen) atoms. The van der Waals surface area contributed by atoms with Crippen molar-refractivity contribution in [1.82, 2.24) is 9.78 Å². The summed E-state index contributed by atoms with van der Waals surface area (Å²) in [5.41, 5.74) is 0.600. The summed E-state index contributed by atoms with van der Waals surface area (Å²) in [6.45, 7) is 5.40. The van der Waals surface area contributed by atoms with Crippen LogP contribution in [0, 0.1) is 5.92 Å². The topological polar surface area (TPSA) is 60.1 Å². The molecule has 0 amide bonds. The molecule has 6 heteroatoms. The minimum Gasteiger partial charge on any atom is -0.469 e. The number of nitrogens with one attached hydrogen (secondary N) is 1. The van der Waals surface area contributed by atoms with Crippen LogP contribution < -0.4 is 10.9 Å². The number of halogens is 1. The maximum atomic E-state index is 12.1. The summed E-state index contributed by atoms with van der Waals surface area (Å²) in [6.07, 6.45) is 4.09. The Bertz CT molecular complexity index is 605. The van der Waals surface area contributed by atoms with E-state index < -0.39 is 0 Å². The molecule has 0 bridgehead atoms. The van der Waals surface area contributed by atoms with Crippen LogP contribution in [0.4, 0.5) is 5.69 Å². The van der Waals surface area contributed by atoms with E-state index in [9.17, 15) is 4.79 Å². The van der Waals surface area contributed by atoms with Gasteiger partial charge in [0.05, 0.1) is 18.1 Å². The highest BCUT2D eigenvalue weighted by atomic mass is 79.9. The highest BCUT2D eigenvalue weighted by molar-refractivity contribution is 9.10. The van der Waals surface area contributed by atoms with E-state index in [0.29, 0.717) is 29.2 Å². The van der Waals surface area contributed by atoms with Crippen molar-refractivity contribution in [2.75, 3.05) is 11.9 Å². The molecule has 108 valence electrons. The van der Waals surface area contributed by atoms with E-state index in [2.05, 4.69) is 40.2 Å². The smallest absolute Gasteiger partial charge is 0.283 e. The van der Waals surface area contributed by atoms with Gasteiger partial charge in [-0.15, -0.1) is 0 Å². The van der Waals surface area contributed by atoms with Gasteiger partial charge < -0.3 is 9.73 Å². The van der Waals surface area contributed by atoms with Gasteiger partial charge >= 0.3 is 0 Å². The molecular formula is C14H18BrN3O2. The first-order valence-corrected chi connectivity index (χ1v) is 7.39. The largest absolute Gasteiger partial charge is 0.469 e. The van der Waals surface area contributed by atoms with Gasteiger partial charge in [-0.05, 0) is 34.0 Å². The van der Waals surface area contributed by atoms with Crippen LogP contribution in [0.1, 0.15) is 19.6 Å². The van der Waals surface area contributed by atoms with E-state index in [1.54, 1.807) is 12.5 Å². The summed E-state index contributed by atoms with van der Waals surface area (Å²) in [4.78, 5) is 12.1. The predicted octanol–water partition coefficient (Wildman–Crippen LogP) is 2.91. The number of hydrogen-bond acceptors (Lipinski definition) is 4. The van der Waals surface area contributed by atoms with Gasteiger partial charge in [0, 0.05) is 19.5 Å². The van der Waals surface area contributed by atoms with Crippen LogP contribution in [-0.2, 0) is 13.0 Å². The molecule has 2 aromatic rings. The Labute approximate surface area is 126 Å². The lowest BCUT2D eigenvalue weighted by atomic mass is 10.2. The van der Waals surface area contributed by atoms with Crippen LogP contribution in [0.15, 0.2) is 38.3 Å². The Kier molecular flexibility index (Phi) is 5.00. The lowest BCUT2D eigenvalue weighted by Gasteiger charge is -2.11. The number of rotatable bonds is 6. The predicted molar refractivity (Wildman–Crippen MR) is 81.9 cm³/mol. The van der Waals surface area contributed by atoms with Crippen molar-refractivity contribution in [3.8, 4) is 0 Å². The lowest BCUT2D eigenvalue weighted by molar-refractivity contribution is 0.462. The third-order valence-electron chi connectivity index (χ3n) is 2.79. The molecule has 0 radical (unpaired) electrons. The molecule has 0 aliphatic rings. The Balaban J connectivity index is 2.02. The SMILES string of the molecule is CC(C)Cn1ncc(NCCc2ccco2)c(Br)c1=O. The molecule has 2 heterocycles. The second-order valence-corrected chi connectivity index (χ2v) is 5.80. The average molecular weight is 340 g/mol. The molecule has 0 aromatic carbocycles. The standard InChI is InChI=1S/C14H18BrN3O2/c1-10(2)9-18-14(19)13(15)12(8-17-18)16-6-5-11-4-3-7-20-11/h3-4,7-8,10,16H,5-6,9H2,1-2H3. The summed E-state index contributed by atoms with van der Waals surface area (Å²) >= 11 is 3.34. The van der Waals surface area contributed by atoms with E-state index in [1.165, 1.54) is 4.68 Å². The van der Waals surface area contributed by atoms with Crippen LogP contribution in [0.2, 0.25) is 0 Å². The second kappa shape index (κ2) is 6.74. The Hall–Kier alpha value is -1.56. The van der Waals surface area contributed by atoms with Gasteiger partial charge in [-0.3, -0.25) is 4.79 Å². The first-order valence-electron chi connectivity index (χ1n) is 6.60. The summed E-state index contributed by atoms with van der Waals surface area (Å²) in [5, 5.41) is 7.37. The summed E-state index contributed by atoms with van der Waals surface area (Å²) < 4.78 is 7.25.